The summed E-state index contributed by atoms with van der Waals surface area (Å²) in [7, 11) is 1.98. The lowest BCUT2D eigenvalue weighted by Gasteiger charge is -2.14. The van der Waals surface area contributed by atoms with Crippen molar-refractivity contribution in [2.75, 3.05) is 0 Å². The van der Waals surface area contributed by atoms with Crippen LogP contribution in [0.25, 0.3) is 0 Å². The van der Waals surface area contributed by atoms with Crippen molar-refractivity contribution in [1.82, 2.24) is 15.2 Å². The van der Waals surface area contributed by atoms with Gasteiger partial charge in [-0.1, -0.05) is 6.92 Å². The van der Waals surface area contributed by atoms with Gasteiger partial charge in [-0.2, -0.15) is 5.10 Å². The van der Waals surface area contributed by atoms with Crippen LogP contribution < -0.4 is 11.3 Å². The summed E-state index contributed by atoms with van der Waals surface area (Å²) in [6, 6.07) is 4.45. The molecule has 19 heavy (non-hydrogen) atoms. The maximum absolute atomic E-state index is 5.71. The number of hydrazine groups is 1. The van der Waals surface area contributed by atoms with Crippen LogP contribution >= 0.6 is 27.3 Å². The molecule has 2 aromatic rings. The Hall–Kier alpha value is -0.690. The summed E-state index contributed by atoms with van der Waals surface area (Å²) < 4.78 is 3.11. The molecule has 2 heterocycles. The SMILES string of the molecule is CCc1cc(CC(NN)c2cc(C)c(Br)s2)n(C)n1. The van der Waals surface area contributed by atoms with E-state index in [1.807, 2.05) is 11.7 Å². The average molecular weight is 343 g/mol. The van der Waals surface area contributed by atoms with E-state index < -0.39 is 0 Å². The monoisotopic (exact) mass is 342 g/mol. The first kappa shape index (κ1) is 14.7. The first-order chi connectivity index (χ1) is 9.05. The van der Waals surface area contributed by atoms with Gasteiger partial charge < -0.3 is 0 Å². The molecule has 0 fully saturated rings. The zero-order chi connectivity index (χ0) is 14.0. The summed E-state index contributed by atoms with van der Waals surface area (Å²) in [5.74, 6) is 5.71. The Labute approximate surface area is 126 Å². The molecule has 0 saturated carbocycles. The van der Waals surface area contributed by atoms with Gasteiger partial charge >= 0.3 is 0 Å². The van der Waals surface area contributed by atoms with Crippen LogP contribution in [-0.4, -0.2) is 9.78 Å². The first-order valence-electron chi connectivity index (χ1n) is 6.28. The van der Waals surface area contributed by atoms with Crippen LogP contribution in [0.2, 0.25) is 0 Å². The van der Waals surface area contributed by atoms with Crippen LogP contribution in [0.15, 0.2) is 15.9 Å². The van der Waals surface area contributed by atoms with E-state index in [-0.39, 0.29) is 6.04 Å². The largest absolute Gasteiger partial charge is 0.272 e. The molecule has 1 atom stereocenters. The molecule has 0 aliphatic heterocycles. The topological polar surface area (TPSA) is 55.9 Å². The van der Waals surface area contributed by atoms with E-state index in [1.165, 1.54) is 19.9 Å². The van der Waals surface area contributed by atoms with Crippen LogP contribution in [0.1, 0.15) is 34.8 Å². The van der Waals surface area contributed by atoms with Crippen LogP contribution in [0.4, 0.5) is 0 Å². The third-order valence-electron chi connectivity index (χ3n) is 3.22. The molecule has 1 unspecified atom stereocenters. The first-order valence-corrected chi connectivity index (χ1v) is 7.89. The number of rotatable bonds is 5. The lowest BCUT2D eigenvalue weighted by molar-refractivity contribution is 0.537. The summed E-state index contributed by atoms with van der Waals surface area (Å²) in [4.78, 5) is 1.24. The van der Waals surface area contributed by atoms with Crippen LogP contribution in [0, 0.1) is 6.92 Å². The maximum Gasteiger partial charge on any atom is 0.0731 e. The molecule has 3 N–H and O–H groups in total. The molecule has 0 spiro atoms. The molecule has 0 aromatic carbocycles. The molecular weight excluding hydrogens is 324 g/mol. The number of nitrogens with two attached hydrogens (primary N) is 1. The van der Waals surface area contributed by atoms with Gasteiger partial charge in [-0.25, -0.2) is 0 Å². The zero-order valence-electron chi connectivity index (χ0n) is 11.4. The highest BCUT2D eigenvalue weighted by atomic mass is 79.9. The smallest absolute Gasteiger partial charge is 0.0731 e. The number of hydrogen-bond donors (Lipinski definition) is 2. The molecule has 0 aliphatic rings. The van der Waals surface area contributed by atoms with Crippen molar-refractivity contribution in [3.8, 4) is 0 Å². The van der Waals surface area contributed by atoms with E-state index in [0.717, 1.165) is 18.5 Å². The number of halogens is 1. The summed E-state index contributed by atoms with van der Waals surface area (Å²) in [5, 5.41) is 4.48. The molecule has 2 aromatic heterocycles. The minimum Gasteiger partial charge on any atom is -0.272 e. The fourth-order valence-corrected chi connectivity index (χ4v) is 3.67. The molecule has 6 heteroatoms. The van der Waals surface area contributed by atoms with Gasteiger partial charge in [0.15, 0.2) is 0 Å². The second-order valence-electron chi connectivity index (χ2n) is 4.63. The molecule has 104 valence electrons. The molecule has 0 bridgehead atoms. The van der Waals surface area contributed by atoms with E-state index in [4.69, 9.17) is 5.84 Å². The van der Waals surface area contributed by atoms with Gasteiger partial charge in [0.2, 0.25) is 0 Å². The lowest BCUT2D eigenvalue weighted by atomic mass is 10.1. The molecule has 0 radical (unpaired) electrons. The normalized spacial score (nSPS) is 12.9. The Kier molecular flexibility index (Phi) is 4.78. The fraction of sp³-hybridized carbons (Fsp3) is 0.462. The minimum absolute atomic E-state index is 0.120. The maximum atomic E-state index is 5.71. The molecule has 4 nitrogen and oxygen atoms in total. The second kappa shape index (κ2) is 6.17. The Balaban J connectivity index is 2.21. The van der Waals surface area contributed by atoms with Gasteiger partial charge in [-0.3, -0.25) is 16.0 Å². The van der Waals surface area contributed by atoms with E-state index in [0.29, 0.717) is 0 Å². The lowest BCUT2D eigenvalue weighted by Crippen LogP contribution is -2.29. The van der Waals surface area contributed by atoms with Crippen LogP contribution in [-0.2, 0) is 19.9 Å². The summed E-state index contributed by atoms with van der Waals surface area (Å²) >= 11 is 5.29. The molecular formula is C13H19BrN4S. The van der Waals surface area contributed by atoms with E-state index in [9.17, 15) is 0 Å². The summed E-state index contributed by atoms with van der Waals surface area (Å²) in [6.45, 7) is 4.21. The zero-order valence-corrected chi connectivity index (χ0v) is 13.8. The highest BCUT2D eigenvalue weighted by Gasteiger charge is 2.17. The number of nitrogens with zero attached hydrogens (tertiary/aromatic N) is 2. The fourth-order valence-electron chi connectivity index (χ4n) is 2.04. The van der Waals surface area contributed by atoms with Gasteiger partial charge in [0.1, 0.15) is 0 Å². The molecule has 0 aliphatic carbocycles. The Bertz CT molecular complexity index is 541. The number of thiophene rings is 1. The third-order valence-corrected chi connectivity index (χ3v) is 5.47. The van der Waals surface area contributed by atoms with Gasteiger partial charge in [0.05, 0.1) is 15.5 Å². The van der Waals surface area contributed by atoms with Crippen molar-refractivity contribution in [3.63, 3.8) is 0 Å². The van der Waals surface area contributed by atoms with Gasteiger partial charge in [-0.05, 0) is 47.0 Å². The molecule has 0 amide bonds. The molecule has 0 saturated heterocycles. The predicted molar refractivity (Wildman–Crippen MR) is 83.1 cm³/mol. The van der Waals surface area contributed by atoms with E-state index in [2.05, 4.69) is 52.4 Å². The van der Waals surface area contributed by atoms with Gasteiger partial charge in [0.25, 0.3) is 0 Å². The van der Waals surface area contributed by atoms with Gasteiger partial charge in [0, 0.05) is 24.0 Å². The summed E-state index contributed by atoms with van der Waals surface area (Å²) in [5.41, 5.74) is 6.48. The van der Waals surface area contributed by atoms with Crippen molar-refractivity contribution in [1.29, 1.82) is 0 Å². The Morgan fingerprint density at radius 2 is 2.26 bits per heavy atom. The molecule has 2 rings (SSSR count). The number of aryl methyl sites for hydroxylation is 3. The Morgan fingerprint density at radius 1 is 1.53 bits per heavy atom. The van der Waals surface area contributed by atoms with Crippen molar-refractivity contribution >= 4 is 27.3 Å². The number of hydrogen-bond acceptors (Lipinski definition) is 4. The van der Waals surface area contributed by atoms with Crippen LogP contribution in [0.5, 0.6) is 0 Å². The minimum atomic E-state index is 0.120. The van der Waals surface area contributed by atoms with Crippen molar-refractivity contribution in [2.24, 2.45) is 12.9 Å². The van der Waals surface area contributed by atoms with Crippen LogP contribution in [0.3, 0.4) is 0 Å². The predicted octanol–water partition coefficient (Wildman–Crippen LogP) is 2.86. The van der Waals surface area contributed by atoms with Crippen molar-refractivity contribution in [2.45, 2.75) is 32.7 Å². The van der Waals surface area contributed by atoms with Crippen molar-refractivity contribution in [3.05, 3.63) is 37.7 Å². The highest BCUT2D eigenvalue weighted by molar-refractivity contribution is 9.11. The van der Waals surface area contributed by atoms with Crippen molar-refractivity contribution < 1.29 is 0 Å². The third kappa shape index (κ3) is 3.25. The van der Waals surface area contributed by atoms with E-state index >= 15 is 0 Å². The Morgan fingerprint density at radius 3 is 2.74 bits per heavy atom. The average Bonchev–Trinajstić information content (AvgIpc) is 2.90. The number of aromatic nitrogens is 2. The second-order valence-corrected chi connectivity index (χ2v) is 7.03. The quantitative estimate of drug-likeness (QED) is 0.648. The standard InChI is InChI=1S/C13H19BrN4S/c1-4-9-6-10(18(3)17-9)7-11(16-15)12-5-8(2)13(14)19-12/h5-6,11,16H,4,7,15H2,1-3H3. The van der Waals surface area contributed by atoms with E-state index in [1.54, 1.807) is 11.3 Å². The number of nitrogens with one attached hydrogen (secondary N) is 1. The summed E-state index contributed by atoms with van der Waals surface area (Å²) in [6.07, 6.45) is 1.80. The van der Waals surface area contributed by atoms with Gasteiger partial charge in [-0.15, -0.1) is 11.3 Å². The highest BCUT2D eigenvalue weighted by Crippen LogP contribution is 2.32.